The summed E-state index contributed by atoms with van der Waals surface area (Å²) in [5, 5.41) is 4.83. The van der Waals surface area contributed by atoms with Crippen molar-refractivity contribution in [2.24, 2.45) is 0 Å². The number of alkyl halides is 1. The number of hydrazine groups is 2. The zero-order valence-corrected chi connectivity index (χ0v) is 9.53. The maximum absolute atomic E-state index is 3.44. The predicted octanol–water partition coefficient (Wildman–Crippen LogP) is 2.09. The van der Waals surface area contributed by atoms with Gasteiger partial charge in [-0.3, -0.25) is 10.0 Å². The number of allylic oxidation sites excluding steroid dienone is 1. The molecule has 1 heterocycles. The molecule has 1 N–H and O–H groups in total. The second-order valence-corrected chi connectivity index (χ2v) is 3.68. The van der Waals surface area contributed by atoms with Crippen LogP contribution in [0.1, 0.15) is 0 Å². The van der Waals surface area contributed by atoms with Crippen LogP contribution in [-0.4, -0.2) is 17.4 Å². The predicted molar refractivity (Wildman–Crippen MR) is 61.7 cm³/mol. The van der Waals surface area contributed by atoms with Crippen molar-refractivity contribution in [3.8, 4) is 0 Å². The smallest absolute Gasteiger partial charge is 0.0592 e. The molecular weight excluding hydrogens is 242 g/mol. The van der Waals surface area contributed by atoms with E-state index >= 15 is 0 Å². The van der Waals surface area contributed by atoms with Gasteiger partial charge in [-0.05, 0) is 12.1 Å². The van der Waals surface area contributed by atoms with E-state index in [2.05, 4.69) is 39.8 Å². The van der Waals surface area contributed by atoms with E-state index in [1.54, 1.807) is 0 Å². The summed E-state index contributed by atoms with van der Waals surface area (Å²) in [5.41, 5.74) is 5.55. The summed E-state index contributed by atoms with van der Waals surface area (Å²) in [6.07, 6.45) is 2.07. The maximum atomic E-state index is 3.44. The summed E-state index contributed by atoms with van der Waals surface area (Å²) >= 11 is 3.44. The summed E-state index contributed by atoms with van der Waals surface area (Å²) in [6.45, 7) is 0. The summed E-state index contributed by atoms with van der Waals surface area (Å²) in [7, 11) is 2.00. The average Bonchev–Trinajstić information content (AvgIpc) is 2.61. The van der Waals surface area contributed by atoms with Crippen LogP contribution in [0.5, 0.6) is 0 Å². The van der Waals surface area contributed by atoms with Gasteiger partial charge in [0.05, 0.1) is 11.4 Å². The fourth-order valence-corrected chi connectivity index (χ4v) is 1.86. The lowest BCUT2D eigenvalue weighted by molar-refractivity contribution is 0.335. The highest BCUT2D eigenvalue weighted by Gasteiger charge is 2.16. The molecule has 1 aliphatic rings. The van der Waals surface area contributed by atoms with E-state index in [1.165, 1.54) is 5.70 Å². The minimum absolute atomic E-state index is 0.847. The van der Waals surface area contributed by atoms with Crippen LogP contribution in [0.15, 0.2) is 42.2 Å². The molecule has 0 atom stereocenters. The van der Waals surface area contributed by atoms with Crippen LogP contribution >= 0.6 is 15.9 Å². The summed E-state index contributed by atoms with van der Waals surface area (Å²) < 4.78 is 0. The highest BCUT2D eigenvalue weighted by molar-refractivity contribution is 9.09. The zero-order valence-electron chi connectivity index (χ0n) is 7.94. The molecule has 0 bridgehead atoms. The number of hydrogen-bond donors (Lipinski definition) is 1. The topological polar surface area (TPSA) is 18.5 Å². The second kappa shape index (κ2) is 4.02. The van der Waals surface area contributed by atoms with Crippen molar-refractivity contribution in [2.75, 3.05) is 17.4 Å². The van der Waals surface area contributed by atoms with Crippen LogP contribution in [0.3, 0.4) is 0 Å². The lowest BCUT2D eigenvalue weighted by Gasteiger charge is -2.20. The molecule has 4 heteroatoms. The zero-order chi connectivity index (χ0) is 9.97. The fraction of sp³-hybridized carbons (Fsp3) is 0.200. The normalized spacial score (nSPS) is 16.0. The van der Waals surface area contributed by atoms with Crippen molar-refractivity contribution in [1.29, 1.82) is 0 Å². The first-order valence-electron chi connectivity index (χ1n) is 4.42. The molecular formula is C10H12BrN3. The highest BCUT2D eigenvalue weighted by Crippen LogP contribution is 2.18. The Labute approximate surface area is 92.1 Å². The monoisotopic (exact) mass is 253 g/mol. The van der Waals surface area contributed by atoms with E-state index in [4.69, 9.17) is 0 Å². The average molecular weight is 254 g/mol. The molecule has 0 saturated carbocycles. The lowest BCUT2D eigenvalue weighted by Crippen LogP contribution is -2.38. The second-order valence-electron chi connectivity index (χ2n) is 3.12. The number of benzene rings is 1. The Bertz CT molecular complexity index is 336. The van der Waals surface area contributed by atoms with Gasteiger partial charge in [-0.25, -0.2) is 0 Å². The third kappa shape index (κ3) is 1.76. The van der Waals surface area contributed by atoms with E-state index in [9.17, 15) is 0 Å². The van der Waals surface area contributed by atoms with Gasteiger partial charge in [0.25, 0.3) is 0 Å². The van der Waals surface area contributed by atoms with Gasteiger partial charge in [0, 0.05) is 18.6 Å². The number of halogens is 1. The molecule has 0 amide bonds. The maximum Gasteiger partial charge on any atom is 0.0592 e. The van der Waals surface area contributed by atoms with Gasteiger partial charge in [-0.1, -0.05) is 34.1 Å². The molecule has 0 radical (unpaired) electrons. The Morgan fingerprint density at radius 3 is 2.57 bits per heavy atom. The van der Waals surface area contributed by atoms with Crippen molar-refractivity contribution < 1.29 is 0 Å². The standard InChI is InChI=1S/C10H12BrN3/c1-13-10(7-11)8-14(12-13)9-5-3-2-4-6-9/h2-6,8,12H,7H2,1H3. The molecule has 0 aliphatic carbocycles. The van der Waals surface area contributed by atoms with E-state index in [-0.39, 0.29) is 0 Å². The number of rotatable bonds is 2. The number of anilines is 1. The minimum Gasteiger partial charge on any atom is -0.295 e. The quantitative estimate of drug-likeness (QED) is 0.815. The van der Waals surface area contributed by atoms with Gasteiger partial charge in [-0.15, -0.1) is 5.53 Å². The van der Waals surface area contributed by atoms with Gasteiger partial charge < -0.3 is 0 Å². The molecule has 1 aromatic rings. The Balaban J connectivity index is 2.20. The molecule has 0 aromatic heterocycles. The third-order valence-electron chi connectivity index (χ3n) is 2.14. The fourth-order valence-electron chi connectivity index (χ4n) is 1.34. The highest BCUT2D eigenvalue weighted by atomic mass is 79.9. The number of nitrogens with one attached hydrogen (secondary N) is 1. The van der Waals surface area contributed by atoms with E-state index < -0.39 is 0 Å². The molecule has 3 nitrogen and oxygen atoms in total. The Hall–Kier alpha value is -1.00. The molecule has 0 spiro atoms. The lowest BCUT2D eigenvalue weighted by atomic mass is 10.3. The first-order valence-corrected chi connectivity index (χ1v) is 5.54. The summed E-state index contributed by atoms with van der Waals surface area (Å²) in [4.78, 5) is 0. The van der Waals surface area contributed by atoms with E-state index in [1.807, 2.05) is 35.3 Å². The van der Waals surface area contributed by atoms with Gasteiger partial charge in [-0.2, -0.15) is 0 Å². The Morgan fingerprint density at radius 1 is 1.29 bits per heavy atom. The van der Waals surface area contributed by atoms with Crippen molar-refractivity contribution >= 4 is 21.6 Å². The van der Waals surface area contributed by atoms with Gasteiger partial charge in [0.2, 0.25) is 0 Å². The molecule has 1 aromatic carbocycles. The Kier molecular flexibility index (Phi) is 2.74. The van der Waals surface area contributed by atoms with Crippen molar-refractivity contribution in [1.82, 2.24) is 10.5 Å². The van der Waals surface area contributed by atoms with Crippen LogP contribution < -0.4 is 10.5 Å². The van der Waals surface area contributed by atoms with Crippen LogP contribution in [-0.2, 0) is 0 Å². The van der Waals surface area contributed by atoms with E-state index in [0.29, 0.717) is 0 Å². The Morgan fingerprint density at radius 2 is 2.00 bits per heavy atom. The number of para-hydroxylation sites is 1. The van der Waals surface area contributed by atoms with Gasteiger partial charge in [0.1, 0.15) is 0 Å². The van der Waals surface area contributed by atoms with Crippen molar-refractivity contribution in [3.63, 3.8) is 0 Å². The van der Waals surface area contributed by atoms with Crippen LogP contribution in [0.2, 0.25) is 0 Å². The number of nitrogens with zero attached hydrogens (tertiary/aromatic N) is 2. The van der Waals surface area contributed by atoms with Crippen LogP contribution in [0.25, 0.3) is 0 Å². The molecule has 74 valence electrons. The summed E-state index contributed by atoms with van der Waals surface area (Å²) in [5.74, 6) is 0. The number of hydrogen-bond acceptors (Lipinski definition) is 3. The van der Waals surface area contributed by atoms with Crippen molar-refractivity contribution in [2.45, 2.75) is 0 Å². The minimum atomic E-state index is 0.847. The SMILES string of the molecule is CN1NN(c2ccccc2)C=C1CBr. The first kappa shape index (κ1) is 9.55. The largest absolute Gasteiger partial charge is 0.295 e. The molecule has 0 unspecified atom stereocenters. The first-order chi connectivity index (χ1) is 6.81. The van der Waals surface area contributed by atoms with Crippen LogP contribution in [0.4, 0.5) is 5.69 Å². The van der Waals surface area contributed by atoms with Crippen molar-refractivity contribution in [3.05, 3.63) is 42.2 Å². The van der Waals surface area contributed by atoms with Gasteiger partial charge >= 0.3 is 0 Å². The third-order valence-corrected chi connectivity index (χ3v) is 2.71. The molecule has 0 saturated heterocycles. The molecule has 2 rings (SSSR count). The molecule has 0 fully saturated rings. The molecule has 14 heavy (non-hydrogen) atoms. The van der Waals surface area contributed by atoms with Gasteiger partial charge in [0.15, 0.2) is 0 Å². The summed E-state index contributed by atoms with van der Waals surface area (Å²) in [6, 6.07) is 10.2. The molecule has 1 aliphatic heterocycles. The van der Waals surface area contributed by atoms with E-state index in [0.717, 1.165) is 11.0 Å². The van der Waals surface area contributed by atoms with Crippen LogP contribution in [0, 0.1) is 0 Å².